The van der Waals surface area contributed by atoms with Gasteiger partial charge < -0.3 is 10.6 Å². The monoisotopic (exact) mass is 258 g/mol. The minimum absolute atomic E-state index is 0.221. The van der Waals surface area contributed by atoms with Gasteiger partial charge in [-0.25, -0.2) is 0 Å². The molecule has 1 aliphatic carbocycles. The summed E-state index contributed by atoms with van der Waals surface area (Å²) in [5, 5.41) is 6.42. The Morgan fingerprint density at radius 3 is 2.82 bits per heavy atom. The first-order valence-electron chi connectivity index (χ1n) is 6.83. The average molecular weight is 258 g/mol. The van der Waals surface area contributed by atoms with Crippen molar-refractivity contribution >= 4 is 17.7 Å². The van der Waals surface area contributed by atoms with Crippen LogP contribution < -0.4 is 10.6 Å². The smallest absolute Gasteiger partial charge is 0.230 e. The Labute approximate surface area is 109 Å². The SMILES string of the molecule is CCNC(C)CCCCSCC(=O)NC1CC1. The maximum absolute atomic E-state index is 11.4. The van der Waals surface area contributed by atoms with Crippen molar-refractivity contribution in [1.82, 2.24) is 10.6 Å². The van der Waals surface area contributed by atoms with Crippen LogP contribution in [0.5, 0.6) is 0 Å². The summed E-state index contributed by atoms with van der Waals surface area (Å²) in [6.07, 6.45) is 6.07. The number of hydrogen-bond acceptors (Lipinski definition) is 3. The van der Waals surface area contributed by atoms with Gasteiger partial charge in [0.2, 0.25) is 5.91 Å². The molecule has 0 saturated heterocycles. The molecule has 1 atom stereocenters. The van der Waals surface area contributed by atoms with Gasteiger partial charge in [0.15, 0.2) is 0 Å². The fourth-order valence-corrected chi connectivity index (χ4v) is 2.59. The summed E-state index contributed by atoms with van der Waals surface area (Å²) in [5.41, 5.74) is 0. The minimum atomic E-state index is 0.221. The first-order chi connectivity index (χ1) is 8.22. The first-order valence-corrected chi connectivity index (χ1v) is 7.98. The van der Waals surface area contributed by atoms with Gasteiger partial charge in [0.05, 0.1) is 5.75 Å². The van der Waals surface area contributed by atoms with Gasteiger partial charge in [0.1, 0.15) is 0 Å². The summed E-state index contributed by atoms with van der Waals surface area (Å²) >= 11 is 1.76. The van der Waals surface area contributed by atoms with Gasteiger partial charge in [0.25, 0.3) is 0 Å². The quantitative estimate of drug-likeness (QED) is 0.590. The van der Waals surface area contributed by atoms with Crippen molar-refractivity contribution in [2.24, 2.45) is 0 Å². The number of thioether (sulfide) groups is 1. The number of hydrogen-bond donors (Lipinski definition) is 2. The lowest BCUT2D eigenvalue weighted by molar-refractivity contribution is -0.118. The Morgan fingerprint density at radius 1 is 1.41 bits per heavy atom. The number of carbonyl (C=O) groups is 1. The molecule has 1 aliphatic rings. The van der Waals surface area contributed by atoms with Crippen LogP contribution in [0, 0.1) is 0 Å². The van der Waals surface area contributed by atoms with Gasteiger partial charge in [-0.15, -0.1) is 0 Å². The molecule has 1 fully saturated rings. The third-order valence-electron chi connectivity index (χ3n) is 2.90. The van der Waals surface area contributed by atoms with Crippen LogP contribution in [0.2, 0.25) is 0 Å². The van der Waals surface area contributed by atoms with Gasteiger partial charge in [0, 0.05) is 12.1 Å². The third-order valence-corrected chi connectivity index (χ3v) is 3.95. The number of unbranched alkanes of at least 4 members (excludes halogenated alkanes) is 1. The third kappa shape index (κ3) is 8.50. The second kappa shape index (κ2) is 8.81. The largest absolute Gasteiger partial charge is 0.353 e. The van der Waals surface area contributed by atoms with E-state index in [1.165, 1.54) is 32.1 Å². The Hall–Kier alpha value is -0.220. The molecular weight excluding hydrogens is 232 g/mol. The number of carbonyl (C=O) groups excluding carboxylic acids is 1. The summed E-state index contributed by atoms with van der Waals surface area (Å²) in [4.78, 5) is 11.4. The molecule has 3 nitrogen and oxygen atoms in total. The van der Waals surface area contributed by atoms with E-state index >= 15 is 0 Å². The van der Waals surface area contributed by atoms with Crippen molar-refractivity contribution in [3.05, 3.63) is 0 Å². The van der Waals surface area contributed by atoms with Crippen LogP contribution in [0.25, 0.3) is 0 Å². The Kier molecular flexibility index (Phi) is 7.69. The Morgan fingerprint density at radius 2 is 2.18 bits per heavy atom. The van der Waals surface area contributed by atoms with E-state index in [4.69, 9.17) is 0 Å². The summed E-state index contributed by atoms with van der Waals surface area (Å²) in [5.74, 6) is 1.97. The van der Waals surface area contributed by atoms with Crippen LogP contribution in [0.3, 0.4) is 0 Å². The van der Waals surface area contributed by atoms with Gasteiger partial charge in [-0.05, 0) is 44.9 Å². The predicted molar refractivity (Wildman–Crippen MR) is 75.5 cm³/mol. The van der Waals surface area contributed by atoms with E-state index < -0.39 is 0 Å². The van der Waals surface area contributed by atoms with E-state index in [1.54, 1.807) is 11.8 Å². The first kappa shape index (κ1) is 14.8. The maximum Gasteiger partial charge on any atom is 0.230 e. The molecule has 0 aromatic rings. The average Bonchev–Trinajstić information content (AvgIpc) is 3.07. The molecular formula is C13H26N2OS. The maximum atomic E-state index is 11.4. The zero-order chi connectivity index (χ0) is 12.5. The molecule has 0 heterocycles. The molecule has 0 spiro atoms. The lowest BCUT2D eigenvalue weighted by atomic mass is 10.1. The summed E-state index contributed by atoms with van der Waals surface area (Å²) in [6, 6.07) is 1.13. The topological polar surface area (TPSA) is 41.1 Å². The van der Waals surface area contributed by atoms with Crippen molar-refractivity contribution in [2.75, 3.05) is 18.1 Å². The van der Waals surface area contributed by atoms with Crippen molar-refractivity contribution in [2.45, 2.75) is 58.0 Å². The summed E-state index contributed by atoms with van der Waals surface area (Å²) in [6.45, 7) is 5.43. The standard InChI is InChI=1S/C13H26N2OS/c1-3-14-11(2)6-4-5-9-17-10-13(16)15-12-7-8-12/h11-12,14H,3-10H2,1-2H3,(H,15,16). The summed E-state index contributed by atoms with van der Waals surface area (Å²) in [7, 11) is 0. The number of rotatable bonds is 10. The Bertz CT molecular complexity index is 219. The van der Waals surface area contributed by atoms with Crippen LogP contribution in [0.15, 0.2) is 0 Å². The van der Waals surface area contributed by atoms with E-state index in [2.05, 4.69) is 24.5 Å². The number of nitrogens with one attached hydrogen (secondary N) is 2. The van der Waals surface area contributed by atoms with Crippen LogP contribution in [0.1, 0.15) is 46.0 Å². The zero-order valence-electron chi connectivity index (χ0n) is 11.1. The molecule has 4 heteroatoms. The van der Waals surface area contributed by atoms with Crippen LogP contribution in [0.4, 0.5) is 0 Å². The van der Waals surface area contributed by atoms with Gasteiger partial charge in [-0.2, -0.15) is 11.8 Å². The van der Waals surface area contributed by atoms with E-state index in [-0.39, 0.29) is 5.91 Å². The van der Waals surface area contributed by atoms with Crippen LogP contribution in [-0.2, 0) is 4.79 Å². The highest BCUT2D eigenvalue weighted by Crippen LogP contribution is 2.18. The fourth-order valence-electron chi connectivity index (χ4n) is 1.77. The lowest BCUT2D eigenvalue weighted by Crippen LogP contribution is -2.27. The van der Waals surface area contributed by atoms with Crippen molar-refractivity contribution in [1.29, 1.82) is 0 Å². The lowest BCUT2D eigenvalue weighted by Gasteiger charge is -2.11. The van der Waals surface area contributed by atoms with Crippen molar-refractivity contribution < 1.29 is 4.79 Å². The molecule has 0 aliphatic heterocycles. The van der Waals surface area contributed by atoms with E-state index in [0.717, 1.165) is 12.3 Å². The normalized spacial score (nSPS) is 16.8. The van der Waals surface area contributed by atoms with Crippen LogP contribution >= 0.6 is 11.8 Å². The number of amides is 1. The molecule has 1 saturated carbocycles. The summed E-state index contributed by atoms with van der Waals surface area (Å²) < 4.78 is 0. The predicted octanol–water partition coefficient (Wildman–Crippen LogP) is 2.17. The molecule has 1 unspecified atom stereocenters. The van der Waals surface area contributed by atoms with E-state index in [1.807, 2.05) is 0 Å². The second-order valence-electron chi connectivity index (χ2n) is 4.85. The van der Waals surface area contributed by atoms with Crippen molar-refractivity contribution in [3.8, 4) is 0 Å². The molecule has 0 aromatic carbocycles. The van der Waals surface area contributed by atoms with Crippen LogP contribution in [-0.4, -0.2) is 36.0 Å². The van der Waals surface area contributed by atoms with Crippen molar-refractivity contribution in [3.63, 3.8) is 0 Å². The van der Waals surface area contributed by atoms with Gasteiger partial charge >= 0.3 is 0 Å². The van der Waals surface area contributed by atoms with E-state index in [9.17, 15) is 4.79 Å². The van der Waals surface area contributed by atoms with E-state index in [0.29, 0.717) is 17.8 Å². The zero-order valence-corrected chi connectivity index (χ0v) is 11.9. The molecule has 0 aromatic heterocycles. The van der Waals surface area contributed by atoms with Gasteiger partial charge in [-0.3, -0.25) is 4.79 Å². The molecule has 1 amide bonds. The fraction of sp³-hybridized carbons (Fsp3) is 0.923. The molecule has 1 rings (SSSR count). The molecule has 2 N–H and O–H groups in total. The Balaban J connectivity index is 1.81. The minimum Gasteiger partial charge on any atom is -0.353 e. The highest BCUT2D eigenvalue weighted by Gasteiger charge is 2.22. The molecule has 100 valence electrons. The highest BCUT2D eigenvalue weighted by molar-refractivity contribution is 7.99. The molecule has 0 bridgehead atoms. The second-order valence-corrected chi connectivity index (χ2v) is 5.95. The molecule has 17 heavy (non-hydrogen) atoms. The van der Waals surface area contributed by atoms with Gasteiger partial charge in [-0.1, -0.05) is 13.3 Å². The highest BCUT2D eigenvalue weighted by atomic mass is 32.2. The molecule has 0 radical (unpaired) electrons.